The highest BCUT2D eigenvalue weighted by Crippen LogP contribution is 2.27. The van der Waals surface area contributed by atoms with Gasteiger partial charge in [-0.1, -0.05) is 23.7 Å². The second-order valence-corrected chi connectivity index (χ2v) is 7.51. The van der Waals surface area contributed by atoms with Crippen LogP contribution in [0.2, 0.25) is 5.02 Å². The molecule has 0 aliphatic rings. The average Bonchev–Trinajstić information content (AvgIpc) is 3.20. The second-order valence-electron chi connectivity index (χ2n) is 5.68. The third kappa shape index (κ3) is 5.15. The lowest BCUT2D eigenvalue weighted by atomic mass is 10.3. The first-order valence-corrected chi connectivity index (χ1v) is 9.45. The number of thioether (sulfide) groups is 1. The highest BCUT2D eigenvalue weighted by Gasteiger charge is 2.16. The normalized spacial score (nSPS) is 11.6. The monoisotopic (exact) mass is 400 g/mol. The number of hydrogen-bond acceptors (Lipinski definition) is 4. The standard InChI is InChI=1S/C20H17ClN2O3S/c1-13(19(24)23-17-6-3-2-5-16(17)21)27-15-10-8-14(9-11-15)22-20(25)18-7-4-12-26-18/h2-13H,1H3,(H,22,25)(H,23,24). The average molecular weight is 401 g/mol. The molecule has 1 unspecified atom stereocenters. The number of rotatable bonds is 6. The molecular formula is C20H17ClN2O3S. The molecule has 138 valence electrons. The van der Waals surface area contributed by atoms with Crippen molar-refractivity contribution in [1.29, 1.82) is 0 Å². The molecule has 2 N–H and O–H groups in total. The Balaban J connectivity index is 1.56. The van der Waals surface area contributed by atoms with Crippen molar-refractivity contribution >= 4 is 46.6 Å². The maximum atomic E-state index is 12.4. The molecule has 0 spiro atoms. The van der Waals surface area contributed by atoms with Gasteiger partial charge in [0.05, 0.1) is 22.2 Å². The van der Waals surface area contributed by atoms with E-state index < -0.39 is 0 Å². The van der Waals surface area contributed by atoms with E-state index in [0.717, 1.165) is 4.90 Å². The smallest absolute Gasteiger partial charge is 0.291 e. The highest BCUT2D eigenvalue weighted by molar-refractivity contribution is 8.00. The van der Waals surface area contributed by atoms with Gasteiger partial charge in [0.1, 0.15) is 0 Å². The molecule has 1 atom stereocenters. The summed E-state index contributed by atoms with van der Waals surface area (Å²) in [6.45, 7) is 1.82. The van der Waals surface area contributed by atoms with Crippen molar-refractivity contribution in [2.24, 2.45) is 0 Å². The Morgan fingerprint density at radius 3 is 2.41 bits per heavy atom. The lowest BCUT2D eigenvalue weighted by Gasteiger charge is -2.13. The number of benzene rings is 2. The summed E-state index contributed by atoms with van der Waals surface area (Å²) < 4.78 is 5.06. The molecule has 0 aliphatic carbocycles. The van der Waals surface area contributed by atoms with E-state index in [1.807, 2.05) is 31.2 Å². The van der Waals surface area contributed by atoms with Crippen LogP contribution in [0.5, 0.6) is 0 Å². The minimum atomic E-state index is -0.315. The fraction of sp³-hybridized carbons (Fsp3) is 0.100. The number of carbonyl (C=O) groups is 2. The van der Waals surface area contributed by atoms with Crippen LogP contribution in [0.3, 0.4) is 0 Å². The lowest BCUT2D eigenvalue weighted by Crippen LogP contribution is -2.22. The fourth-order valence-corrected chi connectivity index (χ4v) is 3.32. The van der Waals surface area contributed by atoms with E-state index in [9.17, 15) is 9.59 Å². The molecule has 5 nitrogen and oxygen atoms in total. The summed E-state index contributed by atoms with van der Waals surface area (Å²) in [5, 5.41) is 5.76. The van der Waals surface area contributed by atoms with Crippen LogP contribution in [0.4, 0.5) is 11.4 Å². The maximum absolute atomic E-state index is 12.4. The molecular weight excluding hydrogens is 384 g/mol. The van der Waals surface area contributed by atoms with Crippen molar-refractivity contribution in [2.75, 3.05) is 10.6 Å². The van der Waals surface area contributed by atoms with Crippen molar-refractivity contribution in [3.8, 4) is 0 Å². The molecule has 2 amide bonds. The molecule has 0 fully saturated rings. The van der Waals surface area contributed by atoms with Gasteiger partial charge in [0.15, 0.2) is 5.76 Å². The number of furan rings is 1. The van der Waals surface area contributed by atoms with E-state index >= 15 is 0 Å². The molecule has 7 heteroatoms. The molecule has 0 saturated heterocycles. The van der Waals surface area contributed by atoms with Gasteiger partial charge in [0.25, 0.3) is 5.91 Å². The summed E-state index contributed by atoms with van der Waals surface area (Å²) in [5.74, 6) is -0.200. The summed E-state index contributed by atoms with van der Waals surface area (Å²) in [7, 11) is 0. The summed E-state index contributed by atoms with van der Waals surface area (Å²) >= 11 is 7.48. The summed E-state index contributed by atoms with van der Waals surface area (Å²) in [5.41, 5.74) is 1.24. The van der Waals surface area contributed by atoms with Crippen molar-refractivity contribution in [2.45, 2.75) is 17.1 Å². The number of carbonyl (C=O) groups excluding carboxylic acids is 2. The van der Waals surface area contributed by atoms with Crippen molar-refractivity contribution in [3.05, 3.63) is 77.7 Å². The predicted octanol–water partition coefficient (Wildman–Crippen LogP) is 5.30. The lowest BCUT2D eigenvalue weighted by molar-refractivity contribution is -0.115. The first-order chi connectivity index (χ1) is 13.0. The van der Waals surface area contributed by atoms with Gasteiger partial charge in [-0.2, -0.15) is 0 Å². The van der Waals surface area contributed by atoms with Crippen LogP contribution in [-0.2, 0) is 4.79 Å². The third-order valence-electron chi connectivity index (χ3n) is 3.67. The van der Waals surface area contributed by atoms with Crippen LogP contribution in [-0.4, -0.2) is 17.1 Å². The zero-order chi connectivity index (χ0) is 19.2. The Morgan fingerprint density at radius 2 is 1.74 bits per heavy atom. The topological polar surface area (TPSA) is 71.3 Å². The van der Waals surface area contributed by atoms with E-state index in [2.05, 4.69) is 10.6 Å². The Kier molecular flexibility index (Phi) is 6.21. The molecule has 0 aliphatic heterocycles. The molecule has 1 heterocycles. The number of anilines is 2. The molecule has 1 aromatic heterocycles. The maximum Gasteiger partial charge on any atom is 0.291 e. The zero-order valence-corrected chi connectivity index (χ0v) is 16.0. The van der Waals surface area contributed by atoms with E-state index in [4.69, 9.17) is 16.0 Å². The predicted molar refractivity (Wildman–Crippen MR) is 109 cm³/mol. The summed E-state index contributed by atoms with van der Waals surface area (Å²) in [4.78, 5) is 25.2. The molecule has 0 radical (unpaired) electrons. The van der Waals surface area contributed by atoms with E-state index in [0.29, 0.717) is 16.4 Å². The number of amides is 2. The van der Waals surface area contributed by atoms with Crippen LogP contribution in [0, 0.1) is 0 Å². The minimum Gasteiger partial charge on any atom is -0.459 e. The van der Waals surface area contributed by atoms with Gasteiger partial charge in [-0.05, 0) is 55.5 Å². The number of hydrogen-bond donors (Lipinski definition) is 2. The van der Waals surface area contributed by atoms with E-state index in [1.165, 1.54) is 18.0 Å². The fourth-order valence-electron chi connectivity index (χ4n) is 2.27. The highest BCUT2D eigenvalue weighted by atomic mass is 35.5. The third-order valence-corrected chi connectivity index (χ3v) is 5.11. The van der Waals surface area contributed by atoms with Gasteiger partial charge in [-0.3, -0.25) is 9.59 Å². The van der Waals surface area contributed by atoms with Crippen molar-refractivity contribution in [1.82, 2.24) is 0 Å². The molecule has 2 aromatic carbocycles. The Bertz CT molecular complexity index is 927. The van der Waals surface area contributed by atoms with Crippen LogP contribution < -0.4 is 10.6 Å². The van der Waals surface area contributed by atoms with Crippen LogP contribution in [0.15, 0.2) is 76.2 Å². The zero-order valence-electron chi connectivity index (χ0n) is 14.4. The molecule has 27 heavy (non-hydrogen) atoms. The first-order valence-electron chi connectivity index (χ1n) is 8.20. The van der Waals surface area contributed by atoms with Gasteiger partial charge in [-0.15, -0.1) is 11.8 Å². The van der Waals surface area contributed by atoms with Gasteiger partial charge < -0.3 is 15.1 Å². The quantitative estimate of drug-likeness (QED) is 0.550. The Hall–Kier alpha value is -2.70. The van der Waals surface area contributed by atoms with E-state index in [1.54, 1.807) is 36.4 Å². The minimum absolute atomic E-state index is 0.136. The summed E-state index contributed by atoms with van der Waals surface area (Å²) in [6, 6.07) is 17.6. The second kappa shape index (κ2) is 8.79. The molecule has 0 bridgehead atoms. The number of halogens is 1. The van der Waals surface area contributed by atoms with Crippen LogP contribution >= 0.6 is 23.4 Å². The van der Waals surface area contributed by atoms with Gasteiger partial charge in [0, 0.05) is 10.6 Å². The SMILES string of the molecule is CC(Sc1ccc(NC(=O)c2ccco2)cc1)C(=O)Nc1ccccc1Cl. The first kappa shape index (κ1) is 19.1. The Labute approximate surface area is 166 Å². The molecule has 3 rings (SSSR count). The van der Waals surface area contributed by atoms with E-state index in [-0.39, 0.29) is 22.8 Å². The Morgan fingerprint density at radius 1 is 1.00 bits per heavy atom. The largest absolute Gasteiger partial charge is 0.459 e. The van der Waals surface area contributed by atoms with Crippen LogP contribution in [0.1, 0.15) is 17.5 Å². The van der Waals surface area contributed by atoms with Crippen LogP contribution in [0.25, 0.3) is 0 Å². The van der Waals surface area contributed by atoms with Gasteiger partial charge in [-0.25, -0.2) is 0 Å². The molecule has 0 saturated carbocycles. The number of para-hydroxylation sites is 1. The van der Waals surface area contributed by atoms with Gasteiger partial charge >= 0.3 is 0 Å². The summed E-state index contributed by atoms with van der Waals surface area (Å²) in [6.07, 6.45) is 1.45. The van der Waals surface area contributed by atoms with Crippen molar-refractivity contribution < 1.29 is 14.0 Å². The molecule has 3 aromatic rings. The van der Waals surface area contributed by atoms with Gasteiger partial charge in [0.2, 0.25) is 5.91 Å². The number of nitrogens with one attached hydrogen (secondary N) is 2. The van der Waals surface area contributed by atoms with Crippen molar-refractivity contribution in [3.63, 3.8) is 0 Å².